The molecule has 1 heterocycles. The van der Waals surface area contributed by atoms with Gasteiger partial charge in [0.15, 0.2) is 0 Å². The fraction of sp³-hybridized carbons (Fsp3) is 0. The highest BCUT2D eigenvalue weighted by atomic mass is 28.4. The van der Waals surface area contributed by atoms with E-state index in [9.17, 15) is 0 Å². The second kappa shape index (κ2) is 6.34. The predicted molar refractivity (Wildman–Crippen MR) is 64.2 cm³/mol. The molecule has 0 saturated carbocycles. The van der Waals surface area contributed by atoms with E-state index in [4.69, 9.17) is 20.9 Å². The van der Waals surface area contributed by atoms with E-state index in [1.807, 2.05) is 30.3 Å². The summed E-state index contributed by atoms with van der Waals surface area (Å²) in [4.78, 5) is 0. The molecule has 0 aliphatic carbocycles. The summed E-state index contributed by atoms with van der Waals surface area (Å²) in [5, 5.41) is 0. The van der Waals surface area contributed by atoms with E-state index < -0.39 is 39.5 Å². The summed E-state index contributed by atoms with van der Waals surface area (Å²) in [6, 6.07) is 9.55. The normalized spacial score (nSPS) is 27.6. The molecule has 1 aliphatic heterocycles. The minimum atomic E-state index is -2.03. The van der Waals surface area contributed by atoms with E-state index in [0.717, 1.165) is 5.75 Å². The molecular formula is C6H12O5Si4. The van der Waals surface area contributed by atoms with Gasteiger partial charge >= 0.3 is 9.53 Å². The van der Waals surface area contributed by atoms with Gasteiger partial charge in [-0.2, -0.15) is 0 Å². The van der Waals surface area contributed by atoms with E-state index in [1.54, 1.807) is 0 Å². The molecular weight excluding hydrogens is 264 g/mol. The van der Waals surface area contributed by atoms with Crippen molar-refractivity contribution in [1.82, 2.24) is 0 Å². The van der Waals surface area contributed by atoms with Gasteiger partial charge in [-0.05, 0) is 12.1 Å². The van der Waals surface area contributed by atoms with Gasteiger partial charge in [0.2, 0.25) is 0 Å². The van der Waals surface area contributed by atoms with Gasteiger partial charge in [0, 0.05) is 0 Å². The third kappa shape index (κ3) is 4.00. The lowest BCUT2D eigenvalue weighted by molar-refractivity contribution is 0.263. The summed E-state index contributed by atoms with van der Waals surface area (Å²) >= 11 is 0. The zero-order valence-electron chi connectivity index (χ0n) is 8.13. The van der Waals surface area contributed by atoms with E-state index in [2.05, 4.69) is 0 Å². The highest BCUT2D eigenvalue weighted by Gasteiger charge is 2.19. The minimum absolute atomic E-state index is 0.787. The maximum atomic E-state index is 5.61. The van der Waals surface area contributed by atoms with Crippen molar-refractivity contribution in [1.29, 1.82) is 0 Å². The molecule has 0 amide bonds. The standard InChI is InChI=1S/C6H12O5Si4/c1-2-4-6(5-3-1)7-15-10-13-8-12-9-14-11-15/h1-5,15H,12-14H2. The first-order valence-corrected chi connectivity index (χ1v) is 9.43. The van der Waals surface area contributed by atoms with Crippen molar-refractivity contribution in [2.24, 2.45) is 0 Å². The van der Waals surface area contributed by atoms with E-state index in [-0.39, 0.29) is 0 Å². The number of rotatable bonds is 2. The fourth-order valence-electron chi connectivity index (χ4n) is 1.06. The van der Waals surface area contributed by atoms with Crippen LogP contribution >= 0.6 is 0 Å². The van der Waals surface area contributed by atoms with Crippen molar-refractivity contribution < 1.29 is 20.9 Å². The molecule has 82 valence electrons. The van der Waals surface area contributed by atoms with E-state index in [1.165, 1.54) is 0 Å². The Morgan fingerprint density at radius 2 is 1.60 bits per heavy atom. The summed E-state index contributed by atoms with van der Waals surface area (Å²) < 4.78 is 27.2. The van der Waals surface area contributed by atoms with Crippen LogP contribution in [-0.4, -0.2) is 39.5 Å². The lowest BCUT2D eigenvalue weighted by atomic mass is 10.3. The largest absolute Gasteiger partial charge is 0.530 e. The molecule has 5 nitrogen and oxygen atoms in total. The van der Waals surface area contributed by atoms with Crippen LogP contribution in [0.25, 0.3) is 0 Å². The van der Waals surface area contributed by atoms with Gasteiger partial charge < -0.3 is 20.9 Å². The van der Waals surface area contributed by atoms with Crippen LogP contribution < -0.4 is 4.43 Å². The van der Waals surface area contributed by atoms with Crippen LogP contribution in [0.2, 0.25) is 0 Å². The first-order chi connectivity index (χ1) is 7.45. The molecule has 15 heavy (non-hydrogen) atoms. The molecule has 1 aromatic rings. The minimum Gasteiger partial charge on any atom is -0.504 e. The molecule has 0 N–H and O–H groups in total. The smallest absolute Gasteiger partial charge is 0.504 e. The van der Waals surface area contributed by atoms with Gasteiger partial charge in [-0.1, -0.05) is 18.2 Å². The number of benzene rings is 1. The molecule has 0 radical (unpaired) electrons. The molecule has 0 aromatic heterocycles. The van der Waals surface area contributed by atoms with Gasteiger partial charge in [-0.25, -0.2) is 0 Å². The van der Waals surface area contributed by atoms with Crippen LogP contribution in [0.5, 0.6) is 5.75 Å². The average Bonchev–Trinajstić information content (AvgIpc) is 2.23. The van der Waals surface area contributed by atoms with Gasteiger partial charge in [-0.15, -0.1) is 0 Å². The summed E-state index contributed by atoms with van der Waals surface area (Å²) in [7, 11) is -4.71. The Balaban J connectivity index is 1.86. The SMILES string of the molecule is c1ccc(O[SiH]2O[SiH2]O[SiH2]O[SiH2]O2)cc1. The Morgan fingerprint density at radius 1 is 0.933 bits per heavy atom. The molecule has 1 saturated heterocycles. The molecule has 1 aliphatic rings. The Labute approximate surface area is 96.8 Å². The first-order valence-electron chi connectivity index (χ1n) is 4.55. The Hall–Kier alpha value is -0.272. The fourth-order valence-corrected chi connectivity index (χ4v) is 8.70. The van der Waals surface area contributed by atoms with Crippen molar-refractivity contribution in [3.63, 3.8) is 0 Å². The second-order valence-electron chi connectivity index (χ2n) is 2.81. The highest BCUT2D eigenvalue weighted by molar-refractivity contribution is 6.56. The topological polar surface area (TPSA) is 46.2 Å². The number of para-hydroxylation sites is 1. The molecule has 0 bridgehead atoms. The van der Waals surface area contributed by atoms with Crippen molar-refractivity contribution in [3.8, 4) is 5.75 Å². The number of hydrogen-bond donors (Lipinski definition) is 0. The Kier molecular flexibility index (Phi) is 4.74. The quantitative estimate of drug-likeness (QED) is 0.577. The van der Waals surface area contributed by atoms with Gasteiger partial charge in [-0.3, -0.25) is 0 Å². The van der Waals surface area contributed by atoms with Crippen LogP contribution in [-0.2, 0) is 16.5 Å². The first kappa shape index (κ1) is 11.2. The highest BCUT2D eigenvalue weighted by Crippen LogP contribution is 2.10. The van der Waals surface area contributed by atoms with Crippen LogP contribution in [0.3, 0.4) is 0 Å². The van der Waals surface area contributed by atoms with E-state index in [0.29, 0.717) is 0 Å². The van der Waals surface area contributed by atoms with Crippen molar-refractivity contribution >= 4 is 39.5 Å². The number of hydrogen-bond acceptors (Lipinski definition) is 5. The lowest BCUT2D eigenvalue weighted by Gasteiger charge is -2.20. The van der Waals surface area contributed by atoms with Crippen LogP contribution in [0.4, 0.5) is 0 Å². The van der Waals surface area contributed by atoms with E-state index >= 15 is 0 Å². The zero-order valence-corrected chi connectivity index (χ0v) is 13.5. The Morgan fingerprint density at radius 3 is 2.27 bits per heavy atom. The van der Waals surface area contributed by atoms with Gasteiger partial charge in [0.1, 0.15) is 5.75 Å². The summed E-state index contributed by atoms with van der Waals surface area (Å²) in [6.07, 6.45) is 0. The molecule has 2 rings (SSSR count). The van der Waals surface area contributed by atoms with Crippen LogP contribution in [0, 0.1) is 0 Å². The lowest BCUT2D eigenvalue weighted by Crippen LogP contribution is -2.37. The summed E-state index contributed by atoms with van der Waals surface area (Å²) in [5.41, 5.74) is 0. The monoisotopic (exact) mass is 276 g/mol. The maximum Gasteiger partial charge on any atom is 0.530 e. The summed E-state index contributed by atoms with van der Waals surface area (Å²) in [6.45, 7) is 0. The molecule has 1 aromatic carbocycles. The molecule has 0 spiro atoms. The van der Waals surface area contributed by atoms with Crippen molar-refractivity contribution in [3.05, 3.63) is 30.3 Å². The van der Waals surface area contributed by atoms with Gasteiger partial charge in [0.05, 0.1) is 0 Å². The molecule has 1 fully saturated rings. The third-order valence-corrected chi connectivity index (χ3v) is 8.11. The molecule has 0 atom stereocenters. The predicted octanol–water partition coefficient (Wildman–Crippen LogP) is -2.14. The maximum absolute atomic E-state index is 5.61. The molecule has 9 heteroatoms. The van der Waals surface area contributed by atoms with Crippen molar-refractivity contribution in [2.45, 2.75) is 0 Å². The molecule has 0 unspecified atom stereocenters. The Bertz CT molecular complexity index is 278. The van der Waals surface area contributed by atoms with Crippen LogP contribution in [0.15, 0.2) is 30.3 Å². The van der Waals surface area contributed by atoms with Gasteiger partial charge in [0.25, 0.3) is 30.0 Å². The average molecular weight is 277 g/mol. The van der Waals surface area contributed by atoms with Crippen LogP contribution in [0.1, 0.15) is 0 Å². The summed E-state index contributed by atoms with van der Waals surface area (Å²) in [5.74, 6) is 0.787. The second-order valence-corrected chi connectivity index (χ2v) is 10.3. The zero-order chi connectivity index (χ0) is 10.3. The third-order valence-electron chi connectivity index (χ3n) is 1.72. The van der Waals surface area contributed by atoms with Crippen molar-refractivity contribution in [2.75, 3.05) is 0 Å².